The lowest BCUT2D eigenvalue weighted by molar-refractivity contribution is 0.414. The maximum Gasteiger partial charge on any atom is 0.118 e. The zero-order valence-corrected chi connectivity index (χ0v) is 10.9. The molecule has 0 aromatic heterocycles. The Bertz CT molecular complexity index is 445. The number of unbranched alkanes of at least 4 members (excludes halogenated alkanes) is 1. The maximum absolute atomic E-state index is 5.15. The zero-order valence-electron chi connectivity index (χ0n) is 10.9. The lowest BCUT2D eigenvalue weighted by atomic mass is 10.0. The van der Waals surface area contributed by atoms with Crippen molar-refractivity contribution < 1.29 is 4.74 Å². The van der Waals surface area contributed by atoms with Crippen LogP contribution in [-0.4, -0.2) is 7.11 Å². The first kappa shape index (κ1) is 12.7. The zero-order chi connectivity index (χ0) is 12.6. The van der Waals surface area contributed by atoms with Gasteiger partial charge in [0.05, 0.1) is 7.11 Å². The van der Waals surface area contributed by atoms with Crippen molar-refractivity contribution in [2.45, 2.75) is 25.7 Å². The molecular weight excluding hydrogens is 220 g/mol. The molecule has 0 fully saturated rings. The summed E-state index contributed by atoms with van der Waals surface area (Å²) in [6.45, 7) is 0. The minimum absolute atomic E-state index is 0.933. The molecule has 0 saturated carbocycles. The number of aryl methyl sites for hydroxylation is 2. The fourth-order valence-corrected chi connectivity index (χ4v) is 2.10. The molecule has 0 atom stereocenters. The standard InChI is InChI=1S/C17H20O/c1-18-17-13-11-16(12-14-17)10-6-5-9-15-7-3-2-4-8-15/h2-4,7-8,11-14H,5-6,9-10H2,1H3. The Morgan fingerprint density at radius 3 is 1.83 bits per heavy atom. The van der Waals surface area contributed by atoms with Gasteiger partial charge in [0.15, 0.2) is 0 Å². The topological polar surface area (TPSA) is 9.23 Å². The van der Waals surface area contributed by atoms with Crippen molar-refractivity contribution in [2.24, 2.45) is 0 Å². The maximum atomic E-state index is 5.15. The molecule has 0 spiro atoms. The van der Waals surface area contributed by atoms with Gasteiger partial charge in [0.25, 0.3) is 0 Å². The minimum atomic E-state index is 0.933. The van der Waals surface area contributed by atoms with E-state index in [-0.39, 0.29) is 0 Å². The van der Waals surface area contributed by atoms with Crippen molar-refractivity contribution in [3.8, 4) is 5.75 Å². The van der Waals surface area contributed by atoms with Crippen molar-refractivity contribution in [1.82, 2.24) is 0 Å². The van der Waals surface area contributed by atoms with Gasteiger partial charge < -0.3 is 4.74 Å². The Balaban J connectivity index is 1.72. The summed E-state index contributed by atoms with van der Waals surface area (Å²) in [4.78, 5) is 0. The molecule has 0 N–H and O–H groups in total. The SMILES string of the molecule is COc1ccc(CCCCc2ccccc2)cc1. The molecule has 0 saturated heterocycles. The van der Waals surface area contributed by atoms with Crippen molar-refractivity contribution in [2.75, 3.05) is 7.11 Å². The molecule has 2 rings (SSSR count). The van der Waals surface area contributed by atoms with Gasteiger partial charge in [-0.25, -0.2) is 0 Å². The fourth-order valence-electron chi connectivity index (χ4n) is 2.10. The smallest absolute Gasteiger partial charge is 0.118 e. The lowest BCUT2D eigenvalue weighted by Crippen LogP contribution is -1.89. The van der Waals surface area contributed by atoms with E-state index >= 15 is 0 Å². The average molecular weight is 240 g/mol. The molecule has 0 radical (unpaired) electrons. The summed E-state index contributed by atoms with van der Waals surface area (Å²) >= 11 is 0. The van der Waals surface area contributed by atoms with Crippen LogP contribution in [0.25, 0.3) is 0 Å². The summed E-state index contributed by atoms with van der Waals surface area (Å²) in [5.74, 6) is 0.933. The molecule has 94 valence electrons. The lowest BCUT2D eigenvalue weighted by Gasteiger charge is -2.04. The normalized spacial score (nSPS) is 10.3. The third kappa shape index (κ3) is 3.92. The number of rotatable bonds is 6. The van der Waals surface area contributed by atoms with Crippen LogP contribution in [0.4, 0.5) is 0 Å². The van der Waals surface area contributed by atoms with Crippen LogP contribution in [0.3, 0.4) is 0 Å². The van der Waals surface area contributed by atoms with Gasteiger partial charge in [-0.05, 0) is 48.9 Å². The molecule has 0 unspecified atom stereocenters. The molecule has 2 aromatic rings. The molecule has 2 aromatic carbocycles. The molecule has 0 aliphatic carbocycles. The van der Waals surface area contributed by atoms with Crippen molar-refractivity contribution in [3.63, 3.8) is 0 Å². The predicted octanol–water partition coefficient (Wildman–Crippen LogP) is 4.26. The molecule has 18 heavy (non-hydrogen) atoms. The van der Waals surface area contributed by atoms with Crippen LogP contribution in [0.1, 0.15) is 24.0 Å². The van der Waals surface area contributed by atoms with Gasteiger partial charge in [-0.3, -0.25) is 0 Å². The molecule has 0 aliphatic rings. The van der Waals surface area contributed by atoms with E-state index < -0.39 is 0 Å². The van der Waals surface area contributed by atoms with Gasteiger partial charge >= 0.3 is 0 Å². The summed E-state index contributed by atoms with van der Waals surface area (Å²) in [5, 5.41) is 0. The van der Waals surface area contributed by atoms with Gasteiger partial charge in [-0.2, -0.15) is 0 Å². The number of hydrogen-bond donors (Lipinski definition) is 0. The van der Waals surface area contributed by atoms with E-state index in [1.54, 1.807) is 7.11 Å². The van der Waals surface area contributed by atoms with Crippen molar-refractivity contribution >= 4 is 0 Å². The molecular formula is C17H20O. The summed E-state index contributed by atoms with van der Waals surface area (Å²) in [6, 6.07) is 19.1. The second-order valence-electron chi connectivity index (χ2n) is 4.54. The molecule has 1 nitrogen and oxygen atoms in total. The fraction of sp³-hybridized carbons (Fsp3) is 0.294. The van der Waals surface area contributed by atoms with Crippen LogP contribution in [0, 0.1) is 0 Å². The highest BCUT2D eigenvalue weighted by atomic mass is 16.5. The van der Waals surface area contributed by atoms with E-state index in [0.717, 1.165) is 12.2 Å². The van der Waals surface area contributed by atoms with E-state index in [1.807, 2.05) is 12.1 Å². The number of methoxy groups -OCH3 is 1. The second-order valence-corrected chi connectivity index (χ2v) is 4.54. The van der Waals surface area contributed by atoms with Crippen LogP contribution < -0.4 is 4.74 Å². The first-order valence-electron chi connectivity index (χ1n) is 6.55. The summed E-state index contributed by atoms with van der Waals surface area (Å²) in [5.41, 5.74) is 2.83. The number of hydrogen-bond acceptors (Lipinski definition) is 1. The van der Waals surface area contributed by atoms with Crippen molar-refractivity contribution in [1.29, 1.82) is 0 Å². The summed E-state index contributed by atoms with van der Waals surface area (Å²) in [7, 11) is 1.70. The Morgan fingerprint density at radius 1 is 0.722 bits per heavy atom. The van der Waals surface area contributed by atoms with E-state index in [0.29, 0.717) is 0 Å². The molecule has 1 heteroatoms. The average Bonchev–Trinajstić information content (AvgIpc) is 2.45. The van der Waals surface area contributed by atoms with E-state index in [2.05, 4.69) is 42.5 Å². The van der Waals surface area contributed by atoms with Crippen LogP contribution in [0.5, 0.6) is 5.75 Å². The Hall–Kier alpha value is -1.76. The van der Waals surface area contributed by atoms with Gasteiger partial charge in [0.1, 0.15) is 5.75 Å². The Labute approximate surface area is 109 Å². The monoisotopic (exact) mass is 240 g/mol. The number of benzene rings is 2. The highest BCUT2D eigenvalue weighted by molar-refractivity contribution is 5.27. The van der Waals surface area contributed by atoms with E-state index in [9.17, 15) is 0 Å². The predicted molar refractivity (Wildman–Crippen MR) is 76.1 cm³/mol. The van der Waals surface area contributed by atoms with Crippen LogP contribution in [-0.2, 0) is 12.8 Å². The first-order chi connectivity index (χ1) is 8.88. The van der Waals surface area contributed by atoms with Gasteiger partial charge in [0, 0.05) is 0 Å². The molecule has 0 aliphatic heterocycles. The quantitative estimate of drug-likeness (QED) is 0.685. The Morgan fingerprint density at radius 2 is 1.28 bits per heavy atom. The molecule has 0 bridgehead atoms. The summed E-state index contributed by atoms with van der Waals surface area (Å²) in [6.07, 6.45) is 4.81. The van der Waals surface area contributed by atoms with Crippen molar-refractivity contribution in [3.05, 3.63) is 65.7 Å². The first-order valence-corrected chi connectivity index (χ1v) is 6.55. The van der Waals surface area contributed by atoms with Gasteiger partial charge in [0.2, 0.25) is 0 Å². The minimum Gasteiger partial charge on any atom is -0.497 e. The highest BCUT2D eigenvalue weighted by Gasteiger charge is 1.96. The molecule has 0 heterocycles. The van der Waals surface area contributed by atoms with Crippen LogP contribution in [0.15, 0.2) is 54.6 Å². The second kappa shape index (κ2) is 6.85. The largest absolute Gasteiger partial charge is 0.497 e. The van der Waals surface area contributed by atoms with Crippen LogP contribution in [0.2, 0.25) is 0 Å². The van der Waals surface area contributed by atoms with Crippen LogP contribution >= 0.6 is 0 Å². The third-order valence-electron chi connectivity index (χ3n) is 3.18. The van der Waals surface area contributed by atoms with E-state index in [1.165, 1.54) is 30.4 Å². The van der Waals surface area contributed by atoms with Gasteiger partial charge in [-0.15, -0.1) is 0 Å². The number of ether oxygens (including phenoxy) is 1. The summed E-state index contributed by atoms with van der Waals surface area (Å²) < 4.78 is 5.15. The van der Waals surface area contributed by atoms with E-state index in [4.69, 9.17) is 4.74 Å². The van der Waals surface area contributed by atoms with Gasteiger partial charge in [-0.1, -0.05) is 42.5 Å². The highest BCUT2D eigenvalue weighted by Crippen LogP contribution is 2.14. The third-order valence-corrected chi connectivity index (χ3v) is 3.18. The Kier molecular flexibility index (Phi) is 4.83. The molecule has 0 amide bonds.